The van der Waals surface area contributed by atoms with Gasteiger partial charge in [-0.1, -0.05) is 48.1 Å². The van der Waals surface area contributed by atoms with E-state index in [-0.39, 0.29) is 0 Å². The fourth-order valence-corrected chi connectivity index (χ4v) is 1.52. The van der Waals surface area contributed by atoms with E-state index in [9.17, 15) is 0 Å². The molecule has 88 valence electrons. The van der Waals surface area contributed by atoms with Gasteiger partial charge in [0.1, 0.15) is 0 Å². The van der Waals surface area contributed by atoms with Gasteiger partial charge in [-0.2, -0.15) is 0 Å². The summed E-state index contributed by atoms with van der Waals surface area (Å²) in [5.74, 6) is 0. The van der Waals surface area contributed by atoms with Crippen LogP contribution in [0.15, 0.2) is 60.5 Å². The normalized spacial score (nSPS) is 13.0. The maximum absolute atomic E-state index is 3.87. The molecule has 0 aromatic heterocycles. The van der Waals surface area contributed by atoms with Crippen molar-refractivity contribution >= 4 is 0 Å². The number of hydrogen-bond donors (Lipinski definition) is 0. The topological polar surface area (TPSA) is 3.24 Å². The third-order valence-corrected chi connectivity index (χ3v) is 1.96. The maximum Gasteiger partial charge on any atom is 0.0429 e. The highest BCUT2D eigenvalue weighted by Gasteiger charge is 1.95. The molecule has 0 atom stereocenters. The first kappa shape index (κ1) is 14.5. The molecule has 0 aromatic carbocycles. The molecule has 0 aliphatic rings. The molecule has 0 aliphatic carbocycles. The zero-order chi connectivity index (χ0) is 12.6. The molecule has 0 aromatic rings. The lowest BCUT2D eigenvalue weighted by Gasteiger charge is -2.15. The fraction of sp³-hybridized carbons (Fsp3) is 0.333. The number of rotatable bonds is 6. The number of hydrogen-bond acceptors (Lipinski definition) is 1. The second-order valence-electron chi connectivity index (χ2n) is 4.06. The first-order valence-corrected chi connectivity index (χ1v) is 5.51. The van der Waals surface area contributed by atoms with Gasteiger partial charge in [-0.05, 0) is 40.1 Å². The number of allylic oxidation sites excluding steroid dienone is 5. The molecule has 0 saturated carbocycles. The van der Waals surface area contributed by atoms with Crippen LogP contribution in [0.25, 0.3) is 0 Å². The minimum absolute atomic E-state index is 0.870. The average Bonchev–Trinajstić information content (AvgIpc) is 2.15. The van der Waals surface area contributed by atoms with Gasteiger partial charge in [-0.3, -0.25) is 0 Å². The van der Waals surface area contributed by atoms with E-state index in [1.54, 1.807) is 0 Å². The molecule has 0 heterocycles. The maximum atomic E-state index is 3.87. The van der Waals surface area contributed by atoms with Crippen LogP contribution in [0.1, 0.15) is 27.7 Å². The van der Waals surface area contributed by atoms with Crippen LogP contribution in [0.3, 0.4) is 0 Å². The molecule has 0 unspecified atom stereocenters. The Balaban J connectivity index is 4.55. The lowest BCUT2D eigenvalue weighted by Crippen LogP contribution is -2.11. The molecule has 0 radical (unpaired) electrons. The van der Waals surface area contributed by atoms with Crippen LogP contribution in [-0.4, -0.2) is 11.4 Å². The highest BCUT2D eigenvalue weighted by molar-refractivity contribution is 5.28. The molecule has 0 bridgehead atoms. The molecular formula is C15H23N. The van der Waals surface area contributed by atoms with Crippen molar-refractivity contribution in [2.24, 2.45) is 0 Å². The monoisotopic (exact) mass is 217 g/mol. The van der Waals surface area contributed by atoms with Crippen LogP contribution in [0, 0.1) is 0 Å². The van der Waals surface area contributed by atoms with Crippen molar-refractivity contribution in [1.82, 2.24) is 4.90 Å². The Kier molecular flexibility index (Phi) is 7.02. The van der Waals surface area contributed by atoms with Crippen LogP contribution < -0.4 is 0 Å². The zero-order valence-corrected chi connectivity index (χ0v) is 11.0. The van der Waals surface area contributed by atoms with Crippen molar-refractivity contribution in [2.45, 2.75) is 27.7 Å². The Hall–Kier alpha value is -1.50. The summed E-state index contributed by atoms with van der Waals surface area (Å²) >= 11 is 0. The molecular weight excluding hydrogens is 194 g/mol. The van der Waals surface area contributed by atoms with Gasteiger partial charge >= 0.3 is 0 Å². The van der Waals surface area contributed by atoms with E-state index in [0.717, 1.165) is 12.1 Å². The molecule has 1 nitrogen and oxygen atoms in total. The third-order valence-electron chi connectivity index (χ3n) is 1.96. The Labute approximate surface area is 100 Å². The van der Waals surface area contributed by atoms with Gasteiger partial charge in [0.15, 0.2) is 0 Å². The Morgan fingerprint density at radius 2 is 1.81 bits per heavy atom. The van der Waals surface area contributed by atoms with Gasteiger partial charge in [0.25, 0.3) is 0 Å². The first-order chi connectivity index (χ1) is 7.49. The van der Waals surface area contributed by atoms with Crippen LogP contribution >= 0.6 is 0 Å². The molecule has 0 fully saturated rings. The smallest absolute Gasteiger partial charge is 0.0429 e. The summed E-state index contributed by atoms with van der Waals surface area (Å²) < 4.78 is 0. The predicted octanol–water partition coefficient (Wildman–Crippen LogP) is 4.43. The SMILES string of the molecule is C=CN(/C=C\C)C/C(C)=C\C(C)=C/C(=C)C. The van der Waals surface area contributed by atoms with Gasteiger partial charge < -0.3 is 4.90 Å². The predicted molar refractivity (Wildman–Crippen MR) is 74.0 cm³/mol. The van der Waals surface area contributed by atoms with Crippen LogP contribution in [0.2, 0.25) is 0 Å². The summed E-state index contributed by atoms with van der Waals surface area (Å²) in [6.07, 6.45) is 10.1. The van der Waals surface area contributed by atoms with E-state index in [1.807, 2.05) is 32.3 Å². The molecule has 0 rings (SSSR count). The summed E-state index contributed by atoms with van der Waals surface area (Å²) in [5, 5.41) is 0. The van der Waals surface area contributed by atoms with Gasteiger partial charge in [0.05, 0.1) is 0 Å². The lowest BCUT2D eigenvalue weighted by molar-refractivity contribution is 0.551. The molecule has 16 heavy (non-hydrogen) atoms. The van der Waals surface area contributed by atoms with Crippen molar-refractivity contribution in [3.8, 4) is 0 Å². The highest BCUT2D eigenvalue weighted by Crippen LogP contribution is 2.07. The second kappa shape index (κ2) is 7.75. The molecule has 0 saturated heterocycles. The van der Waals surface area contributed by atoms with Gasteiger partial charge in [-0.25, -0.2) is 0 Å². The molecule has 0 aliphatic heterocycles. The standard InChI is InChI=1S/C15H23N/c1-7-9-16(8-2)12-15(6)11-14(5)10-13(3)4/h7-11H,2-3,12H2,1,4-6H3/b9-7-,14-10-,15-11-. The average molecular weight is 217 g/mol. The van der Waals surface area contributed by atoms with Crippen LogP contribution in [0.4, 0.5) is 0 Å². The van der Waals surface area contributed by atoms with E-state index < -0.39 is 0 Å². The summed E-state index contributed by atoms with van der Waals surface area (Å²) in [7, 11) is 0. The van der Waals surface area contributed by atoms with Crippen molar-refractivity contribution in [1.29, 1.82) is 0 Å². The van der Waals surface area contributed by atoms with E-state index in [4.69, 9.17) is 0 Å². The van der Waals surface area contributed by atoms with Gasteiger partial charge in [0, 0.05) is 6.54 Å². The Morgan fingerprint density at radius 3 is 2.25 bits per heavy atom. The quantitative estimate of drug-likeness (QED) is 0.595. The summed E-state index contributed by atoms with van der Waals surface area (Å²) in [4.78, 5) is 2.06. The fourth-order valence-electron chi connectivity index (χ4n) is 1.52. The summed E-state index contributed by atoms with van der Waals surface area (Å²) in [6.45, 7) is 16.7. The van der Waals surface area contributed by atoms with E-state index in [0.29, 0.717) is 0 Å². The van der Waals surface area contributed by atoms with Crippen LogP contribution in [0.5, 0.6) is 0 Å². The molecule has 0 spiro atoms. The third kappa shape index (κ3) is 6.88. The first-order valence-electron chi connectivity index (χ1n) is 5.51. The minimum Gasteiger partial charge on any atom is -0.351 e. The van der Waals surface area contributed by atoms with Crippen LogP contribution in [-0.2, 0) is 0 Å². The second-order valence-corrected chi connectivity index (χ2v) is 4.06. The molecule has 1 heteroatoms. The minimum atomic E-state index is 0.870. The summed E-state index contributed by atoms with van der Waals surface area (Å²) in [5.41, 5.74) is 3.61. The Morgan fingerprint density at radius 1 is 1.19 bits per heavy atom. The van der Waals surface area contributed by atoms with Gasteiger partial charge in [0.2, 0.25) is 0 Å². The summed E-state index contributed by atoms with van der Waals surface area (Å²) in [6, 6.07) is 0. The van der Waals surface area contributed by atoms with Crippen molar-refractivity contribution in [2.75, 3.05) is 6.54 Å². The number of nitrogens with zero attached hydrogens (tertiary/aromatic N) is 1. The molecule has 0 amide bonds. The largest absolute Gasteiger partial charge is 0.351 e. The van der Waals surface area contributed by atoms with E-state index >= 15 is 0 Å². The highest BCUT2D eigenvalue weighted by atomic mass is 15.1. The van der Waals surface area contributed by atoms with E-state index in [1.165, 1.54) is 11.1 Å². The van der Waals surface area contributed by atoms with Crippen molar-refractivity contribution < 1.29 is 0 Å². The van der Waals surface area contributed by atoms with Crippen molar-refractivity contribution in [3.05, 3.63) is 60.5 Å². The molecule has 0 N–H and O–H groups in total. The zero-order valence-electron chi connectivity index (χ0n) is 11.0. The van der Waals surface area contributed by atoms with E-state index in [2.05, 4.69) is 44.1 Å². The van der Waals surface area contributed by atoms with Crippen molar-refractivity contribution in [3.63, 3.8) is 0 Å². The van der Waals surface area contributed by atoms with Gasteiger partial charge in [-0.15, -0.1) is 0 Å². The lowest BCUT2D eigenvalue weighted by atomic mass is 10.1. The Bertz CT molecular complexity index is 329.